The van der Waals surface area contributed by atoms with Gasteiger partial charge in [0, 0.05) is 25.7 Å². The van der Waals surface area contributed by atoms with E-state index in [-0.39, 0.29) is 25.7 Å². The van der Waals surface area contributed by atoms with Crippen molar-refractivity contribution in [2.45, 2.75) is 341 Å². The topological polar surface area (TPSA) is 237 Å². The number of aliphatic hydroxyl groups excluding tert-OH is 1. The van der Waals surface area contributed by atoms with Gasteiger partial charge in [0.2, 0.25) is 0 Å². The third kappa shape index (κ3) is 73.8. The Bertz CT molecular complexity index is 2410. The minimum absolute atomic E-state index is 0.0694. The average molecular weight is 1470 g/mol. The monoisotopic (exact) mass is 1470 g/mol. The lowest BCUT2D eigenvalue weighted by Gasteiger charge is -2.21. The minimum Gasteiger partial charge on any atom is -0.462 e. The number of carbonyl (C=O) groups is 4. The molecule has 102 heavy (non-hydrogen) atoms. The molecule has 0 amide bonds. The molecule has 0 bridgehead atoms. The van der Waals surface area contributed by atoms with Gasteiger partial charge in [-0.15, -0.1) is 0 Å². The number of esters is 4. The Labute approximate surface area is 619 Å². The third-order valence-corrected chi connectivity index (χ3v) is 18.3. The molecule has 0 aromatic rings. The van der Waals surface area contributed by atoms with E-state index in [1.807, 2.05) is 0 Å². The maximum absolute atomic E-state index is 13.1. The van der Waals surface area contributed by atoms with E-state index < -0.39 is 97.5 Å². The molecule has 0 saturated carbocycles. The SMILES string of the molecule is CC/C=C\C/C=C\C/C=C\C/C=C\CCCCCCCCC(=O)OCC(COP(=O)(O)OCC(O)COP(=O)(O)OCC(COC(=O)CCCCCCC/C=C\CCCCCCCC)OC(=O)CCCCCCC/C=C\C/C=C\CCC)OC(=O)CCCCCCC/C=C\C/C=C\C/C=C\CC. The van der Waals surface area contributed by atoms with E-state index in [1.165, 1.54) is 38.5 Å². The molecule has 0 heterocycles. The van der Waals surface area contributed by atoms with E-state index in [0.29, 0.717) is 25.7 Å². The maximum Gasteiger partial charge on any atom is 0.472 e. The summed E-state index contributed by atoms with van der Waals surface area (Å²) in [6, 6.07) is 0. The van der Waals surface area contributed by atoms with Gasteiger partial charge >= 0.3 is 39.5 Å². The smallest absolute Gasteiger partial charge is 0.462 e. The van der Waals surface area contributed by atoms with E-state index >= 15 is 0 Å². The number of unbranched alkanes of at least 4 members (excludes halogenated alkanes) is 28. The van der Waals surface area contributed by atoms with E-state index in [0.717, 1.165) is 205 Å². The van der Waals surface area contributed by atoms with Crippen LogP contribution in [0.2, 0.25) is 0 Å². The molecule has 0 aromatic carbocycles. The predicted octanol–water partition coefficient (Wildman–Crippen LogP) is 23.1. The van der Waals surface area contributed by atoms with Gasteiger partial charge in [0.15, 0.2) is 12.2 Å². The summed E-state index contributed by atoms with van der Waals surface area (Å²) in [5, 5.41) is 10.6. The predicted molar refractivity (Wildman–Crippen MR) is 418 cm³/mol. The maximum atomic E-state index is 13.1. The van der Waals surface area contributed by atoms with Crippen LogP contribution in [0.3, 0.4) is 0 Å². The van der Waals surface area contributed by atoms with Crippen LogP contribution in [0.15, 0.2) is 122 Å². The number of hydrogen-bond donors (Lipinski definition) is 3. The number of rotatable bonds is 74. The first-order chi connectivity index (χ1) is 49.7. The molecule has 3 N–H and O–H groups in total. The van der Waals surface area contributed by atoms with Crippen LogP contribution in [0.1, 0.15) is 323 Å². The summed E-state index contributed by atoms with van der Waals surface area (Å²) >= 11 is 0. The zero-order valence-corrected chi connectivity index (χ0v) is 65.8. The summed E-state index contributed by atoms with van der Waals surface area (Å²) in [7, 11) is -9.97. The number of allylic oxidation sites excluding steroid dienone is 20. The normalized spacial score (nSPS) is 14.5. The molecule has 0 aliphatic carbocycles. The molecule has 0 saturated heterocycles. The summed E-state index contributed by atoms with van der Waals surface area (Å²) in [5.41, 5.74) is 0. The number of hydrogen-bond acceptors (Lipinski definition) is 15. The van der Waals surface area contributed by atoms with Crippen LogP contribution >= 0.6 is 15.6 Å². The first-order valence-electron chi connectivity index (χ1n) is 39.8. The van der Waals surface area contributed by atoms with Gasteiger partial charge in [0.05, 0.1) is 26.4 Å². The highest BCUT2D eigenvalue weighted by Crippen LogP contribution is 2.45. The molecule has 17 nitrogen and oxygen atoms in total. The van der Waals surface area contributed by atoms with Crippen LogP contribution in [-0.4, -0.2) is 96.7 Å². The molecule has 0 aromatic heterocycles. The summed E-state index contributed by atoms with van der Waals surface area (Å²) in [6.45, 7) is 4.54. The van der Waals surface area contributed by atoms with Gasteiger partial charge in [0.25, 0.3) is 0 Å². The fourth-order valence-corrected chi connectivity index (χ4v) is 12.0. The molecular formula is C83H142O17P2. The van der Waals surface area contributed by atoms with Crippen molar-refractivity contribution in [1.82, 2.24) is 0 Å². The lowest BCUT2D eigenvalue weighted by molar-refractivity contribution is -0.161. The molecule has 5 unspecified atom stereocenters. The van der Waals surface area contributed by atoms with Crippen molar-refractivity contribution in [3.63, 3.8) is 0 Å². The second-order valence-electron chi connectivity index (χ2n) is 26.2. The first-order valence-corrected chi connectivity index (χ1v) is 42.8. The number of phosphoric ester groups is 2. The highest BCUT2D eigenvalue weighted by Gasteiger charge is 2.30. The molecule has 0 spiro atoms. The Kier molecular flexibility index (Phi) is 71.4. The van der Waals surface area contributed by atoms with E-state index in [4.69, 9.17) is 37.0 Å². The number of phosphoric acid groups is 2. The molecule has 586 valence electrons. The van der Waals surface area contributed by atoms with E-state index in [1.54, 1.807) is 0 Å². The molecule has 0 rings (SSSR count). The molecule has 0 aliphatic heterocycles. The van der Waals surface area contributed by atoms with Crippen molar-refractivity contribution in [2.75, 3.05) is 39.6 Å². The van der Waals surface area contributed by atoms with Crippen molar-refractivity contribution in [3.05, 3.63) is 122 Å². The summed E-state index contributed by atoms with van der Waals surface area (Å²) in [6.07, 6.45) is 81.8. The van der Waals surface area contributed by atoms with Crippen LogP contribution in [0.5, 0.6) is 0 Å². The second kappa shape index (κ2) is 74.7. The van der Waals surface area contributed by atoms with Crippen molar-refractivity contribution in [2.24, 2.45) is 0 Å². The van der Waals surface area contributed by atoms with Gasteiger partial charge in [-0.3, -0.25) is 37.3 Å². The van der Waals surface area contributed by atoms with Crippen molar-refractivity contribution in [1.29, 1.82) is 0 Å². The zero-order chi connectivity index (χ0) is 74.6. The molecule has 19 heteroatoms. The summed E-state index contributed by atoms with van der Waals surface area (Å²) in [5.74, 6) is -2.23. The van der Waals surface area contributed by atoms with Gasteiger partial charge in [-0.05, 0) is 148 Å². The Balaban J connectivity index is 5.38. The Morgan fingerprint density at radius 2 is 0.529 bits per heavy atom. The highest BCUT2D eigenvalue weighted by molar-refractivity contribution is 7.47. The number of ether oxygens (including phenoxy) is 4. The minimum atomic E-state index is -4.99. The Hall–Kier alpha value is -4.54. The lowest BCUT2D eigenvalue weighted by Crippen LogP contribution is -2.30. The average Bonchev–Trinajstić information content (AvgIpc) is 0.924. The molecular weight excluding hydrogens is 1330 g/mol. The van der Waals surface area contributed by atoms with Gasteiger partial charge < -0.3 is 33.8 Å². The molecule has 5 atom stereocenters. The fourth-order valence-electron chi connectivity index (χ4n) is 10.4. The lowest BCUT2D eigenvalue weighted by atomic mass is 10.1. The quantitative estimate of drug-likeness (QED) is 0.0169. The van der Waals surface area contributed by atoms with Gasteiger partial charge in [-0.25, -0.2) is 9.13 Å². The van der Waals surface area contributed by atoms with E-state index in [2.05, 4.69) is 149 Å². The van der Waals surface area contributed by atoms with Crippen LogP contribution < -0.4 is 0 Å². The number of aliphatic hydroxyl groups is 1. The van der Waals surface area contributed by atoms with Gasteiger partial charge in [0.1, 0.15) is 19.3 Å². The van der Waals surface area contributed by atoms with E-state index in [9.17, 15) is 43.2 Å². The van der Waals surface area contributed by atoms with Crippen LogP contribution in [0.4, 0.5) is 0 Å². The van der Waals surface area contributed by atoms with Crippen molar-refractivity contribution in [3.8, 4) is 0 Å². The van der Waals surface area contributed by atoms with Crippen LogP contribution in [-0.2, 0) is 65.4 Å². The fraction of sp³-hybridized carbons (Fsp3) is 0.711. The standard InChI is InChI=1S/C83H142O17P2/c1-5-9-13-17-21-25-29-33-36-37-38-39-42-45-48-52-56-60-64-68-81(86)94-74-79(100-83(88)70-66-62-58-54-50-46-41-35-31-27-23-19-15-11-7-3)76-98-102(91,92)96-72-77(84)71-95-101(89,90)97-75-78(99-82(87)69-65-61-57-53-49-43-32-28-24-20-16-12-8-4)73-93-80(85)67-63-59-55-51-47-44-40-34-30-26-22-18-14-10-6-2/h9,11,13,15-16,20-21,23,25,27-28,32-36,38-41,77-79,84H,5-8,10,12,14,17-19,22,24,26,29-31,37,42-76H2,1-4H3,(H,89,90)(H,91,92)/b13-9-,15-11-,20-16-,25-21-,27-23-,32-28-,36-33-,39-38-,40-34-,41-35-. The summed E-state index contributed by atoms with van der Waals surface area (Å²) in [4.78, 5) is 73.0. The molecule has 0 fully saturated rings. The van der Waals surface area contributed by atoms with Crippen LogP contribution in [0, 0.1) is 0 Å². The summed E-state index contributed by atoms with van der Waals surface area (Å²) < 4.78 is 68.6. The van der Waals surface area contributed by atoms with Crippen molar-refractivity contribution < 1.29 is 80.2 Å². The largest absolute Gasteiger partial charge is 0.472 e. The number of carbonyl (C=O) groups excluding carboxylic acids is 4. The zero-order valence-electron chi connectivity index (χ0n) is 64.0. The Morgan fingerprint density at radius 1 is 0.284 bits per heavy atom. The van der Waals surface area contributed by atoms with Crippen molar-refractivity contribution >= 4 is 39.5 Å². The third-order valence-electron chi connectivity index (χ3n) is 16.4. The molecule has 0 aliphatic rings. The highest BCUT2D eigenvalue weighted by atomic mass is 31.2. The second-order valence-corrected chi connectivity index (χ2v) is 29.1. The Morgan fingerprint density at radius 3 is 0.833 bits per heavy atom. The molecule has 0 radical (unpaired) electrons. The first kappa shape index (κ1) is 97.5. The van der Waals surface area contributed by atoms with Crippen LogP contribution in [0.25, 0.3) is 0 Å². The van der Waals surface area contributed by atoms with Gasteiger partial charge in [-0.2, -0.15) is 0 Å². The van der Waals surface area contributed by atoms with Gasteiger partial charge in [-0.1, -0.05) is 271 Å².